The molecule has 0 bridgehead atoms. The van der Waals surface area contributed by atoms with Gasteiger partial charge in [-0.25, -0.2) is 0 Å². The molecule has 0 spiro atoms. The number of fused-ring (bicyclic) bond motifs is 1. The van der Waals surface area contributed by atoms with Gasteiger partial charge in [-0.2, -0.15) is 0 Å². The third-order valence-corrected chi connectivity index (χ3v) is 1.71. The highest BCUT2D eigenvalue weighted by molar-refractivity contribution is 5.17. The quantitative estimate of drug-likeness (QED) is 0.265. The molecule has 56 valence electrons. The Hall–Kier alpha value is -0.780. The van der Waals surface area contributed by atoms with Crippen LogP contribution in [-0.4, -0.2) is 24.3 Å². The van der Waals surface area contributed by atoms with Gasteiger partial charge < -0.3 is 15.7 Å². The number of hydrogen-bond acceptors (Lipinski definition) is 5. The van der Waals surface area contributed by atoms with Crippen LogP contribution in [0.15, 0.2) is 11.9 Å². The first kappa shape index (κ1) is 5.96. The van der Waals surface area contributed by atoms with E-state index in [0.29, 0.717) is 13.3 Å². The van der Waals surface area contributed by atoms with Crippen molar-refractivity contribution >= 4 is 0 Å². The molecule has 0 aromatic rings. The lowest BCUT2D eigenvalue weighted by Gasteiger charge is -2.28. The fourth-order valence-electron chi connectivity index (χ4n) is 1.14. The summed E-state index contributed by atoms with van der Waals surface area (Å²) in [5, 5.41) is 21.3. The Kier molecular flexibility index (Phi) is 1.10. The van der Waals surface area contributed by atoms with Crippen LogP contribution in [-0.2, 0) is 0 Å². The number of hydrogen-bond donors (Lipinski definition) is 5. The minimum absolute atomic E-state index is 0.578. The van der Waals surface area contributed by atoms with Crippen LogP contribution in [0, 0.1) is 0 Å². The van der Waals surface area contributed by atoms with Crippen molar-refractivity contribution in [2.24, 2.45) is 0 Å². The second-order valence-electron chi connectivity index (χ2n) is 2.36. The maximum absolute atomic E-state index is 9.62. The van der Waals surface area contributed by atoms with Crippen molar-refractivity contribution in [3.8, 4) is 0 Å². The highest BCUT2D eigenvalue weighted by Crippen LogP contribution is 2.12. The molecule has 0 aliphatic carbocycles. The Balaban J connectivity index is 2.28. The van der Waals surface area contributed by atoms with Crippen molar-refractivity contribution in [2.45, 2.75) is 5.85 Å². The summed E-state index contributed by atoms with van der Waals surface area (Å²) in [6, 6.07) is 0. The monoisotopic (exact) mass is 142 g/mol. The van der Waals surface area contributed by atoms with Gasteiger partial charge >= 0.3 is 0 Å². The van der Waals surface area contributed by atoms with Crippen LogP contribution in [0.4, 0.5) is 0 Å². The lowest BCUT2D eigenvalue weighted by Crippen LogP contribution is -2.58. The summed E-state index contributed by atoms with van der Waals surface area (Å²) in [5.74, 6) is -1.02. The molecule has 1 atom stereocenters. The van der Waals surface area contributed by atoms with E-state index in [2.05, 4.69) is 21.3 Å². The molecule has 1 saturated heterocycles. The summed E-state index contributed by atoms with van der Waals surface area (Å²) in [4.78, 5) is 0. The van der Waals surface area contributed by atoms with E-state index < -0.39 is 5.85 Å². The Morgan fingerprint density at radius 3 is 3.00 bits per heavy atom. The van der Waals surface area contributed by atoms with E-state index in [-0.39, 0.29) is 0 Å². The predicted molar refractivity (Wildman–Crippen MR) is 35.3 cm³/mol. The molecule has 2 heterocycles. The van der Waals surface area contributed by atoms with Crippen molar-refractivity contribution in [3.05, 3.63) is 11.9 Å². The van der Waals surface area contributed by atoms with E-state index in [9.17, 15) is 5.11 Å². The van der Waals surface area contributed by atoms with E-state index in [0.717, 1.165) is 5.70 Å². The molecule has 2 aliphatic heterocycles. The summed E-state index contributed by atoms with van der Waals surface area (Å²) in [5.41, 5.74) is 0.749. The number of aliphatic hydroxyl groups is 1. The first-order valence-electron chi connectivity index (χ1n) is 3.22. The molecule has 0 saturated carbocycles. The Labute approximate surface area is 58.5 Å². The smallest absolute Gasteiger partial charge is 0.218 e. The van der Waals surface area contributed by atoms with Gasteiger partial charge in [-0.1, -0.05) is 0 Å². The van der Waals surface area contributed by atoms with Crippen LogP contribution in [0.3, 0.4) is 0 Å². The standard InChI is InChI=1S/C5H10N4O/c10-5-4(7-3-9-5)1-6-2-8-5/h1,6-10H,2-3H2. The summed E-state index contributed by atoms with van der Waals surface area (Å²) in [6.07, 6.45) is 1.76. The molecular weight excluding hydrogens is 132 g/mol. The molecule has 1 unspecified atom stereocenters. The van der Waals surface area contributed by atoms with Gasteiger partial charge in [-0.3, -0.25) is 10.6 Å². The van der Waals surface area contributed by atoms with Crippen molar-refractivity contribution in [2.75, 3.05) is 13.3 Å². The maximum Gasteiger partial charge on any atom is 0.218 e. The molecule has 1 fully saturated rings. The molecule has 2 rings (SSSR count). The molecular formula is C5H10N4O. The minimum atomic E-state index is -1.02. The third kappa shape index (κ3) is 0.683. The summed E-state index contributed by atoms with van der Waals surface area (Å²) in [7, 11) is 0. The van der Waals surface area contributed by atoms with Crippen LogP contribution in [0.5, 0.6) is 0 Å². The first-order chi connectivity index (χ1) is 4.81. The molecule has 2 aliphatic rings. The third-order valence-electron chi connectivity index (χ3n) is 1.71. The van der Waals surface area contributed by atoms with Crippen LogP contribution in [0.2, 0.25) is 0 Å². The van der Waals surface area contributed by atoms with E-state index in [4.69, 9.17) is 0 Å². The highest BCUT2D eigenvalue weighted by Gasteiger charge is 2.37. The van der Waals surface area contributed by atoms with E-state index in [1.165, 1.54) is 0 Å². The van der Waals surface area contributed by atoms with Gasteiger partial charge in [0.25, 0.3) is 0 Å². The van der Waals surface area contributed by atoms with Gasteiger partial charge in [0.15, 0.2) is 0 Å². The summed E-state index contributed by atoms with van der Waals surface area (Å²) in [6.45, 7) is 1.17. The van der Waals surface area contributed by atoms with Gasteiger partial charge in [0, 0.05) is 6.20 Å². The Morgan fingerprint density at radius 1 is 1.40 bits per heavy atom. The van der Waals surface area contributed by atoms with Crippen molar-refractivity contribution < 1.29 is 5.11 Å². The van der Waals surface area contributed by atoms with Crippen LogP contribution in [0.25, 0.3) is 0 Å². The molecule has 0 aromatic carbocycles. The number of rotatable bonds is 0. The summed E-state index contributed by atoms with van der Waals surface area (Å²) < 4.78 is 0. The zero-order valence-corrected chi connectivity index (χ0v) is 5.44. The Morgan fingerprint density at radius 2 is 2.20 bits per heavy atom. The van der Waals surface area contributed by atoms with Crippen LogP contribution in [0.1, 0.15) is 0 Å². The second-order valence-corrected chi connectivity index (χ2v) is 2.36. The molecule has 10 heavy (non-hydrogen) atoms. The van der Waals surface area contributed by atoms with Gasteiger partial charge in [-0.05, 0) is 0 Å². The van der Waals surface area contributed by atoms with E-state index >= 15 is 0 Å². The second kappa shape index (κ2) is 1.85. The lowest BCUT2D eigenvalue weighted by molar-refractivity contribution is 0.0188. The van der Waals surface area contributed by atoms with Crippen LogP contribution >= 0.6 is 0 Å². The average Bonchev–Trinajstić information content (AvgIpc) is 2.29. The lowest BCUT2D eigenvalue weighted by atomic mass is 10.3. The van der Waals surface area contributed by atoms with E-state index in [1.807, 2.05) is 0 Å². The Bertz CT molecular complexity index is 180. The molecule has 5 heteroatoms. The average molecular weight is 142 g/mol. The molecule has 5 N–H and O–H groups in total. The van der Waals surface area contributed by atoms with Crippen molar-refractivity contribution in [1.29, 1.82) is 0 Å². The number of nitrogens with one attached hydrogen (secondary N) is 4. The summed E-state index contributed by atoms with van der Waals surface area (Å²) >= 11 is 0. The molecule has 0 aromatic heterocycles. The molecule has 0 radical (unpaired) electrons. The molecule has 0 amide bonds. The maximum atomic E-state index is 9.62. The minimum Gasteiger partial charge on any atom is -0.377 e. The highest BCUT2D eigenvalue weighted by atomic mass is 16.3. The van der Waals surface area contributed by atoms with Crippen molar-refractivity contribution in [3.63, 3.8) is 0 Å². The molecule has 5 nitrogen and oxygen atoms in total. The zero-order valence-electron chi connectivity index (χ0n) is 5.44. The van der Waals surface area contributed by atoms with Crippen molar-refractivity contribution in [1.82, 2.24) is 21.3 Å². The van der Waals surface area contributed by atoms with Gasteiger partial charge in [-0.15, -0.1) is 0 Å². The first-order valence-corrected chi connectivity index (χ1v) is 3.22. The van der Waals surface area contributed by atoms with E-state index in [1.54, 1.807) is 6.20 Å². The van der Waals surface area contributed by atoms with Gasteiger partial charge in [0.2, 0.25) is 5.85 Å². The zero-order chi connectivity index (χ0) is 7.03. The normalized spacial score (nSPS) is 37.5. The fourth-order valence-corrected chi connectivity index (χ4v) is 1.14. The largest absolute Gasteiger partial charge is 0.377 e. The fraction of sp³-hybridized carbons (Fsp3) is 0.600. The SMILES string of the molecule is OC12NCNC=C1NCN2. The predicted octanol–water partition coefficient (Wildman–Crippen LogP) is -2.23. The van der Waals surface area contributed by atoms with Gasteiger partial charge in [0.1, 0.15) is 0 Å². The topological polar surface area (TPSA) is 68.3 Å². The van der Waals surface area contributed by atoms with Crippen LogP contribution < -0.4 is 21.3 Å². The van der Waals surface area contributed by atoms with Gasteiger partial charge in [0.05, 0.1) is 19.0 Å².